The van der Waals surface area contributed by atoms with Crippen LogP contribution in [0.2, 0.25) is 0 Å². The van der Waals surface area contributed by atoms with E-state index < -0.39 is 0 Å². The molecule has 0 radical (unpaired) electrons. The van der Waals surface area contributed by atoms with Crippen molar-refractivity contribution in [3.63, 3.8) is 0 Å². The van der Waals surface area contributed by atoms with E-state index in [-0.39, 0.29) is 11.9 Å². The highest BCUT2D eigenvalue weighted by Crippen LogP contribution is 2.21. The van der Waals surface area contributed by atoms with Crippen LogP contribution in [0.25, 0.3) is 0 Å². The number of hydrogen-bond donors (Lipinski definition) is 1. The van der Waals surface area contributed by atoms with Crippen molar-refractivity contribution in [3.8, 4) is 6.07 Å². The van der Waals surface area contributed by atoms with Gasteiger partial charge in [-0.2, -0.15) is 5.26 Å². The summed E-state index contributed by atoms with van der Waals surface area (Å²) in [7, 11) is 0. The zero-order chi connectivity index (χ0) is 13.7. The van der Waals surface area contributed by atoms with E-state index in [1.165, 1.54) is 12.3 Å². The Labute approximate surface area is 111 Å². The summed E-state index contributed by atoms with van der Waals surface area (Å²) >= 11 is 0. The molecule has 0 aliphatic rings. The van der Waals surface area contributed by atoms with Crippen LogP contribution in [0.15, 0.2) is 42.6 Å². The van der Waals surface area contributed by atoms with E-state index in [0.29, 0.717) is 5.56 Å². The molecule has 2 rings (SSSR count). The Bertz CT molecular complexity index is 587. The first-order chi connectivity index (χ1) is 9.22. The highest BCUT2D eigenvalue weighted by atomic mass is 19.1. The molecule has 4 heteroatoms. The van der Waals surface area contributed by atoms with Crippen molar-refractivity contribution < 1.29 is 4.39 Å². The fourth-order valence-corrected chi connectivity index (χ4v) is 1.86. The zero-order valence-corrected chi connectivity index (χ0v) is 10.6. The molecule has 0 saturated heterocycles. The van der Waals surface area contributed by atoms with Crippen LogP contribution in [0.5, 0.6) is 0 Å². The van der Waals surface area contributed by atoms with Crippen LogP contribution >= 0.6 is 0 Å². The Morgan fingerprint density at radius 1 is 1.37 bits per heavy atom. The second-order valence-corrected chi connectivity index (χ2v) is 4.20. The lowest BCUT2D eigenvalue weighted by Crippen LogP contribution is -2.11. The zero-order valence-electron chi connectivity index (χ0n) is 10.6. The smallest absolute Gasteiger partial charge is 0.141 e. The van der Waals surface area contributed by atoms with E-state index in [2.05, 4.69) is 16.4 Å². The first kappa shape index (κ1) is 13.0. The maximum atomic E-state index is 12.9. The number of anilines is 1. The molecule has 0 fully saturated rings. The number of rotatable bonds is 4. The van der Waals surface area contributed by atoms with Crippen molar-refractivity contribution in [2.24, 2.45) is 0 Å². The number of pyridine rings is 1. The van der Waals surface area contributed by atoms with Gasteiger partial charge >= 0.3 is 0 Å². The molecule has 1 heterocycles. The van der Waals surface area contributed by atoms with E-state index >= 15 is 0 Å². The summed E-state index contributed by atoms with van der Waals surface area (Å²) < 4.78 is 12.9. The lowest BCUT2D eigenvalue weighted by molar-refractivity contribution is 0.614. The highest BCUT2D eigenvalue weighted by Gasteiger charge is 2.10. The molecule has 0 bridgehead atoms. The largest absolute Gasteiger partial charge is 0.377 e. The van der Waals surface area contributed by atoms with E-state index in [0.717, 1.165) is 17.8 Å². The minimum absolute atomic E-state index is 0.00505. The highest BCUT2D eigenvalue weighted by molar-refractivity contribution is 5.50. The number of aromatic nitrogens is 1. The van der Waals surface area contributed by atoms with E-state index in [4.69, 9.17) is 5.26 Å². The van der Waals surface area contributed by atoms with E-state index in [9.17, 15) is 4.39 Å². The molecule has 96 valence electrons. The molecular formula is C15H14FN3. The molecule has 1 aromatic carbocycles. The molecule has 3 nitrogen and oxygen atoms in total. The van der Waals surface area contributed by atoms with Crippen molar-refractivity contribution in [2.45, 2.75) is 19.4 Å². The van der Waals surface area contributed by atoms with Crippen molar-refractivity contribution in [1.82, 2.24) is 4.98 Å². The molecule has 1 N–H and O–H groups in total. The Hall–Kier alpha value is -2.41. The van der Waals surface area contributed by atoms with Crippen LogP contribution in [0.1, 0.15) is 30.6 Å². The number of nitrogens with zero attached hydrogens (tertiary/aromatic N) is 2. The summed E-state index contributed by atoms with van der Waals surface area (Å²) in [5.41, 5.74) is 2.25. The molecule has 1 aromatic heterocycles. The maximum Gasteiger partial charge on any atom is 0.141 e. The van der Waals surface area contributed by atoms with E-state index in [1.807, 2.05) is 19.1 Å². The molecule has 1 unspecified atom stereocenters. The van der Waals surface area contributed by atoms with Gasteiger partial charge in [0.1, 0.15) is 5.82 Å². The molecule has 0 saturated carbocycles. The molecule has 2 aromatic rings. The molecule has 0 aliphatic heterocycles. The van der Waals surface area contributed by atoms with Crippen LogP contribution < -0.4 is 5.32 Å². The molecule has 0 aliphatic carbocycles. The van der Waals surface area contributed by atoms with Gasteiger partial charge in [-0.25, -0.2) is 4.39 Å². The van der Waals surface area contributed by atoms with Gasteiger partial charge in [-0.15, -0.1) is 0 Å². The van der Waals surface area contributed by atoms with Crippen LogP contribution in [0.4, 0.5) is 10.1 Å². The fraction of sp³-hybridized carbons (Fsp3) is 0.200. The minimum Gasteiger partial charge on any atom is -0.377 e. The van der Waals surface area contributed by atoms with Crippen LogP contribution in [-0.2, 0) is 0 Å². The summed E-state index contributed by atoms with van der Waals surface area (Å²) in [5, 5.41) is 12.2. The number of nitriles is 1. The van der Waals surface area contributed by atoms with Gasteiger partial charge in [0.2, 0.25) is 0 Å². The quantitative estimate of drug-likeness (QED) is 0.907. The predicted molar refractivity (Wildman–Crippen MR) is 72.0 cm³/mol. The molecule has 19 heavy (non-hydrogen) atoms. The maximum absolute atomic E-state index is 12.9. The number of hydrogen-bond acceptors (Lipinski definition) is 3. The topological polar surface area (TPSA) is 48.7 Å². The Morgan fingerprint density at radius 3 is 2.84 bits per heavy atom. The number of benzene rings is 1. The molecule has 0 spiro atoms. The standard InChI is InChI=1S/C15H14FN3/c1-2-14(15-7-6-12(16)10-18-15)19-13-5-3-4-11(8-13)9-17/h3-8,10,14,19H,2H2,1H3. The third-order valence-electron chi connectivity index (χ3n) is 2.85. The van der Waals surface area contributed by atoms with Crippen molar-refractivity contribution >= 4 is 5.69 Å². The number of nitrogens with one attached hydrogen (secondary N) is 1. The summed E-state index contributed by atoms with van der Waals surface area (Å²) in [6.45, 7) is 2.02. The normalized spacial score (nSPS) is 11.6. The van der Waals surface area contributed by atoms with Crippen molar-refractivity contribution in [3.05, 3.63) is 59.7 Å². The van der Waals surface area contributed by atoms with Gasteiger partial charge in [0.15, 0.2) is 0 Å². The van der Waals surface area contributed by atoms with Gasteiger partial charge in [0.05, 0.1) is 29.6 Å². The first-order valence-corrected chi connectivity index (χ1v) is 6.11. The van der Waals surface area contributed by atoms with Gasteiger partial charge in [-0.1, -0.05) is 13.0 Å². The van der Waals surface area contributed by atoms with Gasteiger partial charge in [0, 0.05) is 5.69 Å². The van der Waals surface area contributed by atoms with Crippen LogP contribution in [-0.4, -0.2) is 4.98 Å². The summed E-state index contributed by atoms with van der Waals surface area (Å²) in [4.78, 5) is 4.09. The second kappa shape index (κ2) is 5.96. The molecule has 1 atom stereocenters. The third kappa shape index (κ3) is 3.29. The van der Waals surface area contributed by atoms with Crippen LogP contribution in [0, 0.1) is 17.1 Å². The lowest BCUT2D eigenvalue weighted by atomic mass is 10.1. The fourth-order valence-electron chi connectivity index (χ4n) is 1.86. The third-order valence-corrected chi connectivity index (χ3v) is 2.85. The number of halogens is 1. The minimum atomic E-state index is -0.343. The monoisotopic (exact) mass is 255 g/mol. The van der Waals surface area contributed by atoms with Crippen LogP contribution in [0.3, 0.4) is 0 Å². The Balaban J connectivity index is 2.19. The summed E-state index contributed by atoms with van der Waals surface area (Å²) in [6, 6.07) is 12.4. The SMILES string of the molecule is CCC(Nc1cccc(C#N)c1)c1ccc(F)cn1. The first-order valence-electron chi connectivity index (χ1n) is 6.11. The van der Waals surface area contributed by atoms with Gasteiger partial charge in [-0.05, 0) is 36.8 Å². The lowest BCUT2D eigenvalue weighted by Gasteiger charge is -2.17. The van der Waals surface area contributed by atoms with Crippen molar-refractivity contribution in [1.29, 1.82) is 5.26 Å². The van der Waals surface area contributed by atoms with Crippen molar-refractivity contribution in [2.75, 3.05) is 5.32 Å². The predicted octanol–water partition coefficient (Wildman–Crippen LogP) is 3.66. The Morgan fingerprint density at radius 2 is 2.21 bits per heavy atom. The van der Waals surface area contributed by atoms with Gasteiger partial charge in [-0.3, -0.25) is 4.98 Å². The second-order valence-electron chi connectivity index (χ2n) is 4.20. The summed E-state index contributed by atoms with van der Waals surface area (Å²) in [5.74, 6) is -0.343. The van der Waals surface area contributed by atoms with Gasteiger partial charge in [0.25, 0.3) is 0 Å². The average Bonchev–Trinajstić information content (AvgIpc) is 2.46. The molecule has 0 amide bonds. The average molecular weight is 255 g/mol. The Kier molecular flexibility index (Phi) is 4.09. The van der Waals surface area contributed by atoms with E-state index in [1.54, 1.807) is 18.2 Å². The van der Waals surface area contributed by atoms with Gasteiger partial charge < -0.3 is 5.32 Å². The summed E-state index contributed by atoms with van der Waals surface area (Å²) in [6.07, 6.45) is 2.03. The molecular weight excluding hydrogens is 241 g/mol.